The van der Waals surface area contributed by atoms with Crippen LogP contribution in [0.15, 0.2) is 42.6 Å². The van der Waals surface area contributed by atoms with Crippen LogP contribution in [-0.2, 0) is 13.0 Å². The molecule has 0 saturated heterocycles. The van der Waals surface area contributed by atoms with Gasteiger partial charge in [-0.05, 0) is 49.1 Å². The molecule has 1 aliphatic rings. The van der Waals surface area contributed by atoms with E-state index >= 15 is 0 Å². The summed E-state index contributed by atoms with van der Waals surface area (Å²) in [6, 6.07) is 13.2. The molecule has 0 bridgehead atoms. The number of pyridine rings is 1. The van der Waals surface area contributed by atoms with E-state index in [1.54, 1.807) is 6.20 Å². The van der Waals surface area contributed by atoms with Crippen LogP contribution in [0.25, 0.3) is 0 Å². The van der Waals surface area contributed by atoms with Gasteiger partial charge in [-0.3, -0.25) is 0 Å². The molecule has 2 nitrogen and oxygen atoms in total. The molecular weight excluding hydrogens is 256 g/mol. The van der Waals surface area contributed by atoms with Gasteiger partial charge in [0.2, 0.25) is 0 Å². The van der Waals surface area contributed by atoms with Gasteiger partial charge in [0, 0.05) is 24.5 Å². The number of fused-ring (bicyclic) bond motifs is 1. The Balaban J connectivity index is 1.91. The third-order valence-electron chi connectivity index (χ3n) is 3.81. The minimum absolute atomic E-state index is 0.557. The summed E-state index contributed by atoms with van der Waals surface area (Å²) in [5, 5.41) is 0.565. The predicted molar refractivity (Wildman–Crippen MR) is 79.7 cm³/mol. The van der Waals surface area contributed by atoms with Gasteiger partial charge < -0.3 is 4.90 Å². The third kappa shape index (κ3) is 2.59. The van der Waals surface area contributed by atoms with Crippen molar-refractivity contribution in [1.29, 1.82) is 0 Å². The summed E-state index contributed by atoms with van der Waals surface area (Å²) in [5.74, 6) is 0. The van der Waals surface area contributed by atoms with Gasteiger partial charge >= 0.3 is 0 Å². The zero-order valence-corrected chi connectivity index (χ0v) is 11.8. The van der Waals surface area contributed by atoms with Gasteiger partial charge in [0.25, 0.3) is 0 Å². The first kappa shape index (κ1) is 12.5. The van der Waals surface area contributed by atoms with Crippen LogP contribution in [0.2, 0.25) is 5.15 Å². The van der Waals surface area contributed by atoms with Crippen LogP contribution in [-0.4, -0.2) is 11.0 Å². The summed E-state index contributed by atoms with van der Waals surface area (Å²) in [6.07, 6.45) is 4.15. The highest BCUT2D eigenvalue weighted by molar-refractivity contribution is 6.29. The molecule has 19 heavy (non-hydrogen) atoms. The van der Waals surface area contributed by atoms with E-state index in [9.17, 15) is 0 Å². The lowest BCUT2D eigenvalue weighted by atomic mass is 9.96. The monoisotopic (exact) mass is 272 g/mol. The summed E-state index contributed by atoms with van der Waals surface area (Å²) >= 11 is 5.97. The van der Waals surface area contributed by atoms with Crippen molar-refractivity contribution >= 4 is 17.3 Å². The SMILES string of the molecule is CC1CCc2ccccc2N1Cc1ccnc(Cl)c1. The summed E-state index contributed by atoms with van der Waals surface area (Å²) in [6.45, 7) is 3.18. The van der Waals surface area contributed by atoms with Crippen molar-refractivity contribution in [2.45, 2.75) is 32.4 Å². The molecule has 0 aliphatic carbocycles. The van der Waals surface area contributed by atoms with Gasteiger partial charge in [-0.1, -0.05) is 29.8 Å². The maximum absolute atomic E-state index is 5.97. The number of hydrogen-bond acceptors (Lipinski definition) is 2. The number of benzene rings is 1. The Morgan fingerprint density at radius 2 is 2.16 bits per heavy atom. The number of hydrogen-bond donors (Lipinski definition) is 0. The highest BCUT2D eigenvalue weighted by Crippen LogP contribution is 2.31. The molecule has 1 atom stereocenters. The number of aryl methyl sites for hydroxylation is 1. The number of para-hydroxylation sites is 1. The van der Waals surface area contributed by atoms with Crippen molar-refractivity contribution in [2.75, 3.05) is 4.90 Å². The first-order chi connectivity index (χ1) is 9.24. The van der Waals surface area contributed by atoms with Crippen molar-refractivity contribution < 1.29 is 0 Å². The molecule has 0 amide bonds. The van der Waals surface area contributed by atoms with Crippen LogP contribution in [0.4, 0.5) is 5.69 Å². The van der Waals surface area contributed by atoms with Crippen molar-refractivity contribution in [3.8, 4) is 0 Å². The molecular formula is C16H17ClN2. The van der Waals surface area contributed by atoms with E-state index in [2.05, 4.69) is 41.1 Å². The van der Waals surface area contributed by atoms with Crippen LogP contribution in [0.1, 0.15) is 24.5 Å². The molecule has 3 rings (SSSR count). The minimum atomic E-state index is 0.557. The van der Waals surface area contributed by atoms with E-state index in [4.69, 9.17) is 11.6 Å². The Morgan fingerprint density at radius 3 is 3.00 bits per heavy atom. The van der Waals surface area contributed by atoms with Gasteiger partial charge in [0.15, 0.2) is 0 Å². The Kier molecular flexibility index (Phi) is 3.43. The molecule has 1 aromatic carbocycles. The summed E-state index contributed by atoms with van der Waals surface area (Å²) in [5.41, 5.74) is 4.01. The fourth-order valence-corrected chi connectivity index (χ4v) is 2.94. The predicted octanol–water partition coefficient (Wildman–Crippen LogP) is 4.08. The number of aromatic nitrogens is 1. The van der Waals surface area contributed by atoms with E-state index in [0.29, 0.717) is 11.2 Å². The molecule has 0 spiro atoms. The van der Waals surface area contributed by atoms with Crippen LogP contribution >= 0.6 is 11.6 Å². The average molecular weight is 273 g/mol. The zero-order chi connectivity index (χ0) is 13.2. The highest BCUT2D eigenvalue weighted by atomic mass is 35.5. The van der Waals surface area contributed by atoms with Crippen molar-refractivity contribution in [2.24, 2.45) is 0 Å². The second kappa shape index (κ2) is 5.22. The lowest BCUT2D eigenvalue weighted by molar-refractivity contribution is 0.560. The topological polar surface area (TPSA) is 16.1 Å². The van der Waals surface area contributed by atoms with Crippen molar-refractivity contribution in [3.05, 3.63) is 58.9 Å². The molecule has 1 aromatic heterocycles. The quantitative estimate of drug-likeness (QED) is 0.766. The summed E-state index contributed by atoms with van der Waals surface area (Å²) in [4.78, 5) is 6.51. The van der Waals surface area contributed by atoms with Crippen LogP contribution in [0.3, 0.4) is 0 Å². The summed E-state index contributed by atoms with van der Waals surface area (Å²) in [7, 11) is 0. The Labute approximate surface area is 119 Å². The van der Waals surface area contributed by atoms with E-state index < -0.39 is 0 Å². The lowest BCUT2D eigenvalue weighted by Crippen LogP contribution is -2.36. The largest absolute Gasteiger partial charge is 0.364 e. The fraction of sp³-hybridized carbons (Fsp3) is 0.312. The van der Waals surface area contributed by atoms with Gasteiger partial charge in [-0.15, -0.1) is 0 Å². The van der Waals surface area contributed by atoms with Gasteiger partial charge in [-0.2, -0.15) is 0 Å². The van der Waals surface area contributed by atoms with E-state index in [1.165, 1.54) is 29.7 Å². The Morgan fingerprint density at radius 1 is 1.32 bits per heavy atom. The Bertz CT molecular complexity index is 582. The summed E-state index contributed by atoms with van der Waals surface area (Å²) < 4.78 is 0. The minimum Gasteiger partial charge on any atom is -0.364 e. The lowest BCUT2D eigenvalue weighted by Gasteiger charge is -2.37. The van der Waals surface area contributed by atoms with Crippen LogP contribution in [0.5, 0.6) is 0 Å². The molecule has 98 valence electrons. The van der Waals surface area contributed by atoms with Crippen LogP contribution in [0, 0.1) is 0 Å². The molecule has 0 fully saturated rings. The van der Waals surface area contributed by atoms with E-state index in [1.807, 2.05) is 12.1 Å². The molecule has 0 radical (unpaired) electrons. The Hall–Kier alpha value is -1.54. The smallest absolute Gasteiger partial charge is 0.129 e. The molecule has 0 N–H and O–H groups in total. The standard InChI is InChI=1S/C16H17ClN2/c1-12-6-7-14-4-2-3-5-15(14)19(12)11-13-8-9-18-16(17)10-13/h2-5,8-10,12H,6-7,11H2,1H3. The van der Waals surface area contributed by atoms with Crippen LogP contribution < -0.4 is 4.90 Å². The van der Waals surface area contributed by atoms with Crippen molar-refractivity contribution in [3.63, 3.8) is 0 Å². The highest BCUT2D eigenvalue weighted by Gasteiger charge is 2.22. The fourth-order valence-electron chi connectivity index (χ4n) is 2.74. The third-order valence-corrected chi connectivity index (χ3v) is 4.02. The maximum atomic E-state index is 5.97. The second-order valence-electron chi connectivity index (χ2n) is 5.13. The maximum Gasteiger partial charge on any atom is 0.129 e. The van der Waals surface area contributed by atoms with Gasteiger partial charge in [0.05, 0.1) is 0 Å². The molecule has 2 heterocycles. The number of rotatable bonds is 2. The second-order valence-corrected chi connectivity index (χ2v) is 5.52. The molecule has 2 aromatic rings. The number of anilines is 1. The molecule has 1 unspecified atom stereocenters. The van der Waals surface area contributed by atoms with E-state index in [-0.39, 0.29) is 0 Å². The first-order valence-electron chi connectivity index (χ1n) is 6.69. The van der Waals surface area contributed by atoms with Gasteiger partial charge in [-0.25, -0.2) is 4.98 Å². The number of halogens is 1. The number of nitrogens with zero attached hydrogens (tertiary/aromatic N) is 2. The van der Waals surface area contributed by atoms with E-state index in [0.717, 1.165) is 6.54 Å². The molecule has 1 aliphatic heterocycles. The van der Waals surface area contributed by atoms with Gasteiger partial charge in [0.1, 0.15) is 5.15 Å². The zero-order valence-electron chi connectivity index (χ0n) is 11.0. The normalized spacial score (nSPS) is 18.2. The first-order valence-corrected chi connectivity index (χ1v) is 7.07. The molecule has 0 saturated carbocycles. The average Bonchev–Trinajstić information content (AvgIpc) is 2.42. The molecule has 3 heteroatoms. The van der Waals surface area contributed by atoms with Crippen molar-refractivity contribution in [1.82, 2.24) is 4.98 Å².